The molecule has 0 bridgehead atoms. The Kier molecular flexibility index (Phi) is 10.0. The third-order valence-electron chi connectivity index (χ3n) is 5.06. The van der Waals surface area contributed by atoms with Gasteiger partial charge in [0.2, 0.25) is 5.95 Å². The van der Waals surface area contributed by atoms with Gasteiger partial charge in [0.05, 0.1) is 11.8 Å². The Morgan fingerprint density at radius 2 is 1.97 bits per heavy atom. The Morgan fingerprint density at radius 3 is 2.54 bits per heavy atom. The molecule has 3 atom stereocenters. The van der Waals surface area contributed by atoms with E-state index < -0.39 is 29.0 Å². The van der Waals surface area contributed by atoms with E-state index >= 15 is 0 Å². The Labute approximate surface area is 206 Å². The summed E-state index contributed by atoms with van der Waals surface area (Å²) in [6.07, 6.45) is 4.67. The lowest BCUT2D eigenvalue weighted by atomic mass is 10.1. The van der Waals surface area contributed by atoms with Crippen LogP contribution < -0.4 is 10.3 Å². The van der Waals surface area contributed by atoms with E-state index in [0.29, 0.717) is 18.1 Å². The first kappa shape index (κ1) is 28.1. The summed E-state index contributed by atoms with van der Waals surface area (Å²) in [5, 5.41) is 6.55. The predicted octanol–water partition coefficient (Wildman–Crippen LogP) is 4.57. The second-order valence-corrected chi connectivity index (χ2v) is 9.00. The van der Waals surface area contributed by atoms with Crippen LogP contribution in [0.5, 0.6) is 0 Å². The van der Waals surface area contributed by atoms with Crippen LogP contribution >= 0.6 is 9.24 Å². The van der Waals surface area contributed by atoms with Gasteiger partial charge in [-0.3, -0.25) is 9.80 Å². The molecule has 1 amide bonds. The first-order valence-corrected chi connectivity index (χ1v) is 11.7. The predicted molar refractivity (Wildman–Crippen MR) is 136 cm³/mol. The molecule has 2 aromatic rings. The van der Waals surface area contributed by atoms with Crippen molar-refractivity contribution >= 4 is 33.0 Å². The number of hydrogen-bond donors (Lipinski definition) is 1. The van der Waals surface area contributed by atoms with E-state index in [2.05, 4.69) is 41.5 Å². The average molecular weight is 507 g/mol. The van der Waals surface area contributed by atoms with Crippen molar-refractivity contribution in [2.75, 3.05) is 30.5 Å². The summed E-state index contributed by atoms with van der Waals surface area (Å²) in [5.41, 5.74) is -0.0163. The highest BCUT2D eigenvalue weighted by atomic mass is 31.0. The number of benzene rings is 1. The van der Waals surface area contributed by atoms with Crippen LogP contribution in [0.25, 0.3) is 0 Å². The molecule has 1 aromatic carbocycles. The lowest BCUT2D eigenvalue weighted by molar-refractivity contribution is 0.0712. The van der Waals surface area contributed by atoms with Gasteiger partial charge in [-0.25, -0.2) is 23.1 Å². The second-order valence-electron chi connectivity index (χ2n) is 7.92. The molecule has 1 aromatic heterocycles. The number of nitrogens with one attached hydrogen (secondary N) is 1. The summed E-state index contributed by atoms with van der Waals surface area (Å²) >= 11 is 0. The molecule has 3 unspecified atom stereocenters. The van der Waals surface area contributed by atoms with Crippen molar-refractivity contribution in [1.82, 2.24) is 14.9 Å². The van der Waals surface area contributed by atoms with E-state index in [-0.39, 0.29) is 30.3 Å². The lowest BCUT2D eigenvalue weighted by Gasteiger charge is -2.30. The smallest absolute Gasteiger partial charge is 0.256 e. The molecule has 0 radical (unpaired) electrons. The monoisotopic (exact) mass is 506 g/mol. The molecule has 0 aliphatic heterocycles. The summed E-state index contributed by atoms with van der Waals surface area (Å²) in [6.45, 7) is 7.32. The van der Waals surface area contributed by atoms with Crippen LogP contribution in [0.3, 0.4) is 0 Å². The molecule has 0 fully saturated rings. The molecular formula is C24H30F3N6OP. The number of likely N-dealkylation sites (N-methyl/N-ethyl adjacent to an activating group) is 1. The standard InChI is InChI=1S/C24H30F3N6OP/c1-6-8-9-10-31-32(5)21-19(11-18(25)12-20(21)26)22(34)33(7-2)16(3)13-28-23-29-14-17(15-30-23)24(4,27)35/h10-12,14-16H,6-7,13,35H2,1-5H3,(H,28,29,30)/b31-10-. The average Bonchev–Trinajstić information content (AvgIpc) is 2.80. The van der Waals surface area contributed by atoms with Crippen LogP contribution in [-0.4, -0.2) is 53.2 Å². The van der Waals surface area contributed by atoms with Crippen molar-refractivity contribution in [2.45, 2.75) is 45.6 Å². The van der Waals surface area contributed by atoms with Crippen molar-refractivity contribution in [3.05, 3.63) is 47.3 Å². The first-order valence-electron chi connectivity index (χ1n) is 11.1. The summed E-state index contributed by atoms with van der Waals surface area (Å²) in [6, 6.07) is 1.30. The topological polar surface area (TPSA) is 73.7 Å². The van der Waals surface area contributed by atoms with E-state index in [1.807, 2.05) is 6.92 Å². The minimum atomic E-state index is -1.64. The lowest BCUT2D eigenvalue weighted by Crippen LogP contribution is -2.43. The van der Waals surface area contributed by atoms with Gasteiger partial charge in [-0.15, -0.1) is 0 Å². The molecule has 1 heterocycles. The molecule has 7 nitrogen and oxygen atoms in total. The van der Waals surface area contributed by atoms with Gasteiger partial charge in [0.1, 0.15) is 16.9 Å². The molecule has 0 aliphatic rings. The second kappa shape index (κ2) is 12.5. The number of alkyl halides is 1. The van der Waals surface area contributed by atoms with E-state index in [4.69, 9.17) is 0 Å². The molecular weight excluding hydrogens is 476 g/mol. The molecule has 35 heavy (non-hydrogen) atoms. The highest BCUT2D eigenvalue weighted by Gasteiger charge is 2.27. The third-order valence-corrected chi connectivity index (χ3v) is 5.40. The molecule has 11 heteroatoms. The Hall–Kier alpha value is -3.18. The molecule has 188 valence electrons. The molecule has 1 N–H and O–H groups in total. The highest BCUT2D eigenvalue weighted by Crippen LogP contribution is 2.31. The molecule has 0 saturated carbocycles. The van der Waals surface area contributed by atoms with E-state index in [1.54, 1.807) is 13.8 Å². The normalized spacial score (nSPS) is 13.5. The van der Waals surface area contributed by atoms with Gasteiger partial charge in [-0.05, 0) is 26.8 Å². The fraction of sp³-hybridized carbons (Fsp3) is 0.417. The molecule has 0 aliphatic carbocycles. The van der Waals surface area contributed by atoms with Crippen molar-refractivity contribution in [2.24, 2.45) is 5.10 Å². The van der Waals surface area contributed by atoms with Gasteiger partial charge < -0.3 is 10.2 Å². The van der Waals surface area contributed by atoms with Crippen LogP contribution in [-0.2, 0) is 5.41 Å². The van der Waals surface area contributed by atoms with Crippen molar-refractivity contribution in [3.8, 4) is 11.8 Å². The number of carbonyl (C=O) groups excluding carboxylic acids is 1. The van der Waals surface area contributed by atoms with Crippen LogP contribution in [0.4, 0.5) is 24.8 Å². The zero-order chi connectivity index (χ0) is 26.2. The molecule has 2 rings (SSSR count). The summed E-state index contributed by atoms with van der Waals surface area (Å²) < 4.78 is 42.8. The number of rotatable bonds is 9. The van der Waals surface area contributed by atoms with E-state index in [1.165, 1.54) is 37.5 Å². The van der Waals surface area contributed by atoms with Crippen LogP contribution in [0.1, 0.15) is 50.0 Å². The Morgan fingerprint density at radius 1 is 1.31 bits per heavy atom. The zero-order valence-electron chi connectivity index (χ0n) is 20.4. The van der Waals surface area contributed by atoms with Gasteiger partial charge in [0, 0.05) is 56.6 Å². The first-order chi connectivity index (χ1) is 16.5. The van der Waals surface area contributed by atoms with Gasteiger partial charge in [-0.1, -0.05) is 28.0 Å². The minimum absolute atomic E-state index is 0.157. The quantitative estimate of drug-likeness (QED) is 0.234. The zero-order valence-corrected chi connectivity index (χ0v) is 21.6. The van der Waals surface area contributed by atoms with Gasteiger partial charge in [0.25, 0.3) is 5.91 Å². The van der Waals surface area contributed by atoms with Gasteiger partial charge in [0.15, 0.2) is 5.82 Å². The number of hydrazone groups is 1. The van der Waals surface area contributed by atoms with E-state index in [9.17, 15) is 18.0 Å². The summed E-state index contributed by atoms with van der Waals surface area (Å²) in [4.78, 5) is 23.0. The fourth-order valence-corrected chi connectivity index (χ4v) is 3.36. The van der Waals surface area contributed by atoms with Crippen LogP contribution in [0.15, 0.2) is 29.6 Å². The Bertz CT molecular complexity index is 1110. The summed E-state index contributed by atoms with van der Waals surface area (Å²) in [7, 11) is 3.53. The number of aromatic nitrogens is 2. The van der Waals surface area contributed by atoms with Gasteiger partial charge >= 0.3 is 0 Å². The minimum Gasteiger partial charge on any atom is -0.352 e. The maximum absolute atomic E-state index is 14.7. The van der Waals surface area contributed by atoms with E-state index in [0.717, 1.165) is 11.1 Å². The van der Waals surface area contributed by atoms with Crippen LogP contribution in [0, 0.1) is 23.5 Å². The Balaban J connectivity index is 2.24. The number of halogens is 3. The van der Waals surface area contributed by atoms with Crippen LogP contribution in [0.2, 0.25) is 0 Å². The molecule has 0 spiro atoms. The number of amides is 1. The van der Waals surface area contributed by atoms with Crippen molar-refractivity contribution < 1.29 is 18.0 Å². The molecule has 0 saturated heterocycles. The highest BCUT2D eigenvalue weighted by molar-refractivity contribution is 7.18. The number of anilines is 2. The van der Waals surface area contributed by atoms with Crippen molar-refractivity contribution in [1.29, 1.82) is 0 Å². The SMILES string of the molecule is CCC#C/C=N\N(C)c1c(F)cc(F)cc1C(=O)N(CC)C(C)CNc1ncc(C(C)(F)P)cn1. The maximum atomic E-state index is 14.7. The fourth-order valence-electron chi connectivity index (χ4n) is 3.21. The van der Waals surface area contributed by atoms with Gasteiger partial charge in [-0.2, -0.15) is 5.10 Å². The number of carbonyl (C=O) groups is 1. The maximum Gasteiger partial charge on any atom is 0.256 e. The third kappa shape index (κ3) is 7.66. The van der Waals surface area contributed by atoms with Crippen molar-refractivity contribution in [3.63, 3.8) is 0 Å². The number of hydrogen-bond acceptors (Lipinski definition) is 6. The summed E-state index contributed by atoms with van der Waals surface area (Å²) in [5.74, 6) is 3.41. The largest absolute Gasteiger partial charge is 0.352 e. The number of nitrogens with zero attached hydrogens (tertiary/aromatic N) is 5.